The minimum Gasteiger partial charge on any atom is -0.171 e. The van der Waals surface area contributed by atoms with Crippen LogP contribution in [0.15, 0.2) is 0 Å². The van der Waals surface area contributed by atoms with Gasteiger partial charge in [-0.1, -0.05) is 28.5 Å². The van der Waals surface area contributed by atoms with Crippen LogP contribution in [0.3, 0.4) is 0 Å². The molecule has 0 fully saturated rings. The average molecular weight is 204 g/mol. The van der Waals surface area contributed by atoms with Gasteiger partial charge in [-0.05, 0) is 12.7 Å². The summed E-state index contributed by atoms with van der Waals surface area (Å²) >= 11 is 0. The Bertz CT molecular complexity index is 102. The highest BCUT2D eigenvalue weighted by molar-refractivity contribution is 8.76. The molecule has 0 aliphatic rings. The van der Waals surface area contributed by atoms with Crippen LogP contribution in [0.4, 0.5) is 13.2 Å². The molecule has 0 radical (unpaired) electrons. The van der Waals surface area contributed by atoms with Gasteiger partial charge in [0, 0.05) is 5.25 Å². The first-order valence-corrected chi connectivity index (χ1v) is 5.88. The molecular weight excluding hydrogens is 193 g/mol. The molecule has 0 amide bonds. The largest absolute Gasteiger partial charge is 0.390 e. The Labute approximate surface area is 72.7 Å². The van der Waals surface area contributed by atoms with Crippen molar-refractivity contribution in [2.75, 3.05) is 6.26 Å². The van der Waals surface area contributed by atoms with Gasteiger partial charge in [0.05, 0.1) is 6.42 Å². The van der Waals surface area contributed by atoms with Crippen LogP contribution in [0, 0.1) is 0 Å². The van der Waals surface area contributed by atoms with Gasteiger partial charge in [0.15, 0.2) is 0 Å². The Morgan fingerprint density at radius 2 is 1.91 bits per heavy atom. The molecule has 0 N–H and O–H groups in total. The Hall–Kier alpha value is 0.490. The minimum absolute atomic E-state index is 0.287. The monoisotopic (exact) mass is 204 g/mol. The van der Waals surface area contributed by atoms with Crippen LogP contribution in [0.1, 0.15) is 19.8 Å². The Kier molecular flexibility index (Phi) is 5.42. The SMILES string of the molecule is CCC(CC(F)(F)F)SSC. The summed E-state index contributed by atoms with van der Waals surface area (Å²) in [7, 11) is 2.69. The molecule has 0 spiro atoms. The van der Waals surface area contributed by atoms with Crippen molar-refractivity contribution < 1.29 is 13.2 Å². The van der Waals surface area contributed by atoms with Gasteiger partial charge >= 0.3 is 6.18 Å². The highest BCUT2D eigenvalue weighted by atomic mass is 33.1. The second-order valence-electron chi connectivity index (χ2n) is 2.11. The van der Waals surface area contributed by atoms with Crippen LogP contribution in [-0.4, -0.2) is 17.7 Å². The van der Waals surface area contributed by atoms with Gasteiger partial charge in [-0.2, -0.15) is 13.2 Å². The summed E-state index contributed by atoms with van der Waals surface area (Å²) in [5.41, 5.74) is 0. The molecule has 11 heavy (non-hydrogen) atoms. The summed E-state index contributed by atoms with van der Waals surface area (Å²) in [5, 5.41) is -0.287. The van der Waals surface area contributed by atoms with Gasteiger partial charge in [0.2, 0.25) is 0 Å². The molecule has 0 heterocycles. The number of halogens is 3. The zero-order valence-corrected chi connectivity index (χ0v) is 8.07. The standard InChI is InChI=1S/C6H11F3S2/c1-3-5(11-10-2)4-6(7,8)9/h5H,3-4H2,1-2H3. The van der Waals surface area contributed by atoms with E-state index in [0.717, 1.165) is 0 Å². The molecule has 5 heteroatoms. The number of rotatable bonds is 4. The van der Waals surface area contributed by atoms with Crippen molar-refractivity contribution in [2.45, 2.75) is 31.2 Å². The van der Waals surface area contributed by atoms with Crippen LogP contribution in [0.25, 0.3) is 0 Å². The first kappa shape index (κ1) is 11.5. The predicted octanol–water partition coefficient (Wildman–Crippen LogP) is 3.73. The highest BCUT2D eigenvalue weighted by Crippen LogP contribution is 2.34. The summed E-state index contributed by atoms with van der Waals surface area (Å²) in [5.74, 6) is 0. The van der Waals surface area contributed by atoms with Gasteiger partial charge in [0.25, 0.3) is 0 Å². The van der Waals surface area contributed by atoms with E-state index >= 15 is 0 Å². The van der Waals surface area contributed by atoms with Crippen molar-refractivity contribution in [3.8, 4) is 0 Å². The van der Waals surface area contributed by atoms with Crippen LogP contribution in [-0.2, 0) is 0 Å². The number of alkyl halides is 3. The first-order valence-electron chi connectivity index (χ1n) is 3.25. The second kappa shape index (κ2) is 5.19. The second-order valence-corrected chi connectivity index (χ2v) is 4.88. The van der Waals surface area contributed by atoms with E-state index in [1.807, 2.05) is 0 Å². The van der Waals surface area contributed by atoms with E-state index in [2.05, 4.69) is 0 Å². The van der Waals surface area contributed by atoms with Crippen molar-refractivity contribution in [3.05, 3.63) is 0 Å². The predicted molar refractivity (Wildman–Crippen MR) is 45.9 cm³/mol. The maximum atomic E-state index is 11.8. The molecule has 0 saturated heterocycles. The molecule has 0 saturated carbocycles. The fraction of sp³-hybridized carbons (Fsp3) is 1.00. The van der Waals surface area contributed by atoms with Crippen molar-refractivity contribution in [3.63, 3.8) is 0 Å². The van der Waals surface area contributed by atoms with Crippen LogP contribution < -0.4 is 0 Å². The van der Waals surface area contributed by atoms with E-state index < -0.39 is 12.6 Å². The van der Waals surface area contributed by atoms with Crippen molar-refractivity contribution in [1.82, 2.24) is 0 Å². The van der Waals surface area contributed by atoms with Crippen LogP contribution in [0.2, 0.25) is 0 Å². The Balaban J connectivity index is 3.68. The third-order valence-corrected chi connectivity index (χ3v) is 3.51. The molecular formula is C6H11F3S2. The van der Waals surface area contributed by atoms with Gasteiger partial charge in [-0.3, -0.25) is 0 Å². The Morgan fingerprint density at radius 1 is 1.36 bits per heavy atom. The van der Waals surface area contributed by atoms with E-state index in [1.54, 1.807) is 13.2 Å². The summed E-state index contributed by atoms with van der Waals surface area (Å²) in [6.07, 6.45) is -2.31. The molecule has 0 aromatic rings. The molecule has 0 aliphatic carbocycles. The molecule has 0 aromatic carbocycles. The maximum Gasteiger partial charge on any atom is 0.390 e. The summed E-state index contributed by atoms with van der Waals surface area (Å²) < 4.78 is 35.4. The lowest BCUT2D eigenvalue weighted by Crippen LogP contribution is -2.15. The van der Waals surface area contributed by atoms with Crippen molar-refractivity contribution >= 4 is 21.6 Å². The number of hydrogen-bond acceptors (Lipinski definition) is 2. The maximum absolute atomic E-state index is 11.8. The molecule has 1 atom stereocenters. The lowest BCUT2D eigenvalue weighted by Gasteiger charge is -2.14. The third-order valence-electron chi connectivity index (χ3n) is 1.15. The first-order chi connectivity index (χ1) is 4.99. The summed E-state index contributed by atoms with van der Waals surface area (Å²) in [4.78, 5) is 0. The van der Waals surface area contributed by atoms with Crippen molar-refractivity contribution in [1.29, 1.82) is 0 Å². The molecule has 0 rings (SSSR count). The lowest BCUT2D eigenvalue weighted by atomic mass is 10.2. The fourth-order valence-electron chi connectivity index (χ4n) is 0.641. The zero-order valence-electron chi connectivity index (χ0n) is 6.44. The molecule has 68 valence electrons. The minimum atomic E-state index is -4.01. The average Bonchev–Trinajstić information content (AvgIpc) is 1.84. The van der Waals surface area contributed by atoms with E-state index in [0.29, 0.717) is 6.42 Å². The van der Waals surface area contributed by atoms with Gasteiger partial charge < -0.3 is 0 Å². The zero-order chi connectivity index (χ0) is 8.91. The fourth-order valence-corrected chi connectivity index (χ4v) is 2.73. The normalized spacial score (nSPS) is 15.0. The van der Waals surface area contributed by atoms with Gasteiger partial charge in [-0.25, -0.2) is 0 Å². The quantitative estimate of drug-likeness (QED) is 0.640. The molecule has 0 bridgehead atoms. The van der Waals surface area contributed by atoms with E-state index in [1.165, 1.54) is 21.6 Å². The third kappa shape index (κ3) is 6.87. The van der Waals surface area contributed by atoms with E-state index in [4.69, 9.17) is 0 Å². The lowest BCUT2D eigenvalue weighted by molar-refractivity contribution is -0.134. The van der Waals surface area contributed by atoms with Crippen LogP contribution >= 0.6 is 21.6 Å². The van der Waals surface area contributed by atoms with Crippen molar-refractivity contribution in [2.24, 2.45) is 0 Å². The topological polar surface area (TPSA) is 0 Å². The molecule has 0 aromatic heterocycles. The summed E-state index contributed by atoms with van der Waals surface area (Å²) in [6, 6.07) is 0. The smallest absolute Gasteiger partial charge is 0.171 e. The molecule has 0 aliphatic heterocycles. The highest BCUT2D eigenvalue weighted by Gasteiger charge is 2.31. The molecule has 1 unspecified atom stereocenters. The van der Waals surface area contributed by atoms with Gasteiger partial charge in [0.1, 0.15) is 0 Å². The van der Waals surface area contributed by atoms with Crippen LogP contribution in [0.5, 0.6) is 0 Å². The molecule has 0 nitrogen and oxygen atoms in total. The number of hydrogen-bond donors (Lipinski definition) is 0. The van der Waals surface area contributed by atoms with E-state index in [9.17, 15) is 13.2 Å². The van der Waals surface area contributed by atoms with E-state index in [-0.39, 0.29) is 5.25 Å². The Morgan fingerprint density at radius 3 is 2.18 bits per heavy atom. The summed E-state index contributed by atoms with van der Waals surface area (Å²) in [6.45, 7) is 1.78. The van der Waals surface area contributed by atoms with Gasteiger partial charge in [-0.15, -0.1) is 0 Å².